The third-order valence-corrected chi connectivity index (χ3v) is 3.42. The molecule has 1 fully saturated rings. The molecule has 1 aliphatic heterocycles. The molecule has 2 aromatic heterocycles. The molecule has 0 spiro atoms. The zero-order chi connectivity index (χ0) is 13.6. The van der Waals surface area contributed by atoms with E-state index >= 15 is 0 Å². The molecule has 3 heterocycles. The molecule has 2 atom stereocenters. The number of alkyl halides is 1. The highest BCUT2D eigenvalue weighted by atomic mass is 19.1. The molecule has 2 N–H and O–H groups in total. The minimum Gasteiger partial charge on any atom is -0.364 e. The Kier molecular flexibility index (Phi) is 2.62. The minimum absolute atomic E-state index is 0.0838. The van der Waals surface area contributed by atoms with Gasteiger partial charge < -0.3 is 10.6 Å². The number of primary amides is 1. The largest absolute Gasteiger partial charge is 0.364 e. The summed E-state index contributed by atoms with van der Waals surface area (Å²) in [5.41, 5.74) is 6.03. The van der Waals surface area contributed by atoms with Gasteiger partial charge in [-0.15, -0.1) is 5.10 Å². The third kappa shape index (κ3) is 1.91. The number of rotatable bonds is 2. The summed E-state index contributed by atoms with van der Waals surface area (Å²) in [5, 5.41) is 4.34. The minimum atomic E-state index is -0.842. The Morgan fingerprint density at radius 3 is 2.95 bits per heavy atom. The van der Waals surface area contributed by atoms with Gasteiger partial charge in [-0.3, -0.25) is 4.79 Å². The number of amides is 1. The lowest BCUT2D eigenvalue weighted by Crippen LogP contribution is -2.28. The van der Waals surface area contributed by atoms with E-state index in [4.69, 9.17) is 5.73 Å². The summed E-state index contributed by atoms with van der Waals surface area (Å²) in [5.74, 6) is 0.0376. The predicted molar refractivity (Wildman–Crippen MR) is 67.8 cm³/mol. The van der Waals surface area contributed by atoms with Gasteiger partial charge >= 0.3 is 0 Å². The van der Waals surface area contributed by atoms with Gasteiger partial charge in [-0.1, -0.05) is 0 Å². The number of carbonyl (C=O) groups is 1. The van der Waals surface area contributed by atoms with Crippen LogP contribution in [0.2, 0.25) is 0 Å². The molecule has 3 rings (SSSR count). The van der Waals surface area contributed by atoms with Crippen molar-refractivity contribution in [2.24, 2.45) is 5.73 Å². The van der Waals surface area contributed by atoms with Crippen LogP contribution in [0.3, 0.4) is 0 Å². The second-order valence-electron chi connectivity index (χ2n) is 4.80. The van der Waals surface area contributed by atoms with Crippen LogP contribution in [0, 0.1) is 0 Å². The smallest absolute Gasteiger partial charge is 0.269 e. The van der Waals surface area contributed by atoms with E-state index in [2.05, 4.69) is 10.1 Å². The Labute approximate surface area is 109 Å². The van der Waals surface area contributed by atoms with Crippen LogP contribution >= 0.6 is 0 Å². The summed E-state index contributed by atoms with van der Waals surface area (Å²) in [6, 6.07) is 3.61. The van der Waals surface area contributed by atoms with E-state index in [1.807, 2.05) is 11.8 Å². The van der Waals surface area contributed by atoms with Crippen molar-refractivity contribution in [3.8, 4) is 0 Å². The highest BCUT2D eigenvalue weighted by Gasteiger charge is 2.30. The second-order valence-corrected chi connectivity index (χ2v) is 4.80. The van der Waals surface area contributed by atoms with E-state index in [-0.39, 0.29) is 11.7 Å². The molecule has 6 nitrogen and oxygen atoms in total. The number of nitrogens with two attached hydrogens (primary N) is 1. The lowest BCUT2D eigenvalue weighted by atomic mass is 10.2. The van der Waals surface area contributed by atoms with Crippen molar-refractivity contribution in [3.05, 3.63) is 24.0 Å². The molecule has 2 aromatic rings. The maximum atomic E-state index is 13.4. The molecule has 0 unspecified atom stereocenters. The summed E-state index contributed by atoms with van der Waals surface area (Å²) >= 11 is 0. The average Bonchev–Trinajstić information content (AvgIpc) is 2.91. The molecule has 0 aromatic carbocycles. The van der Waals surface area contributed by atoms with Crippen molar-refractivity contribution in [2.45, 2.75) is 25.6 Å². The van der Waals surface area contributed by atoms with E-state index in [0.717, 1.165) is 0 Å². The normalized spacial score (nSPS) is 23.2. The van der Waals surface area contributed by atoms with Gasteiger partial charge in [-0.2, -0.15) is 0 Å². The maximum absolute atomic E-state index is 13.4. The second kappa shape index (κ2) is 4.18. The van der Waals surface area contributed by atoms with E-state index in [1.54, 1.807) is 12.1 Å². The van der Waals surface area contributed by atoms with Gasteiger partial charge in [-0.25, -0.2) is 13.9 Å². The average molecular weight is 263 g/mol. The number of fused-ring (bicyclic) bond motifs is 1. The van der Waals surface area contributed by atoms with Crippen LogP contribution in [-0.2, 0) is 0 Å². The first kappa shape index (κ1) is 11.9. The summed E-state index contributed by atoms with van der Waals surface area (Å²) in [4.78, 5) is 17.2. The zero-order valence-electron chi connectivity index (χ0n) is 10.5. The molecule has 0 radical (unpaired) electrons. The topological polar surface area (TPSA) is 76.5 Å². The van der Waals surface area contributed by atoms with Crippen molar-refractivity contribution < 1.29 is 9.18 Å². The fraction of sp³-hybridized carbons (Fsp3) is 0.417. The van der Waals surface area contributed by atoms with Gasteiger partial charge in [0.05, 0.1) is 12.7 Å². The van der Waals surface area contributed by atoms with Gasteiger partial charge in [0.1, 0.15) is 17.7 Å². The first-order valence-electron chi connectivity index (χ1n) is 6.11. The third-order valence-electron chi connectivity index (χ3n) is 3.42. The van der Waals surface area contributed by atoms with E-state index in [1.165, 1.54) is 10.7 Å². The molecule has 0 aliphatic carbocycles. The lowest BCUT2D eigenvalue weighted by Gasteiger charge is -2.21. The van der Waals surface area contributed by atoms with Crippen LogP contribution in [0.25, 0.3) is 5.65 Å². The quantitative estimate of drug-likeness (QED) is 0.868. The molecule has 1 aliphatic rings. The molecule has 19 heavy (non-hydrogen) atoms. The Morgan fingerprint density at radius 2 is 2.32 bits per heavy atom. The summed E-state index contributed by atoms with van der Waals surface area (Å²) in [7, 11) is 0. The van der Waals surface area contributed by atoms with Crippen LogP contribution in [0.4, 0.5) is 10.2 Å². The Balaban J connectivity index is 2.05. The highest BCUT2D eigenvalue weighted by Crippen LogP contribution is 2.25. The van der Waals surface area contributed by atoms with Crippen molar-refractivity contribution in [3.63, 3.8) is 0 Å². The monoisotopic (exact) mass is 263 g/mol. The van der Waals surface area contributed by atoms with Gasteiger partial charge in [-0.05, 0) is 19.1 Å². The van der Waals surface area contributed by atoms with Crippen molar-refractivity contribution in [1.29, 1.82) is 0 Å². The number of anilines is 1. The Bertz CT molecular complexity index is 640. The van der Waals surface area contributed by atoms with Crippen LogP contribution in [-0.4, -0.2) is 39.3 Å². The van der Waals surface area contributed by atoms with Crippen LogP contribution < -0.4 is 10.6 Å². The van der Waals surface area contributed by atoms with Gasteiger partial charge in [0.15, 0.2) is 5.65 Å². The van der Waals surface area contributed by atoms with Crippen molar-refractivity contribution in [2.75, 3.05) is 11.4 Å². The molecule has 0 saturated carbocycles. The van der Waals surface area contributed by atoms with E-state index in [0.29, 0.717) is 24.4 Å². The fourth-order valence-electron chi connectivity index (χ4n) is 2.47. The number of halogens is 1. The van der Waals surface area contributed by atoms with Gasteiger partial charge in [0.25, 0.3) is 5.91 Å². The molecule has 1 amide bonds. The molecular formula is C12H14FN5O. The van der Waals surface area contributed by atoms with Gasteiger partial charge in [0, 0.05) is 12.5 Å². The zero-order valence-corrected chi connectivity index (χ0v) is 10.5. The van der Waals surface area contributed by atoms with Crippen LogP contribution in [0.5, 0.6) is 0 Å². The highest BCUT2D eigenvalue weighted by molar-refractivity contribution is 5.91. The number of hydrogen-bond donors (Lipinski definition) is 1. The van der Waals surface area contributed by atoms with Crippen molar-refractivity contribution >= 4 is 17.4 Å². The van der Waals surface area contributed by atoms with E-state index in [9.17, 15) is 9.18 Å². The SMILES string of the molecule is C[C@H]1C[C@H](F)CN1c1ccc2ncc(C(N)=O)n2n1. The molecule has 0 bridgehead atoms. The number of imidazole rings is 1. The summed E-state index contributed by atoms with van der Waals surface area (Å²) < 4.78 is 14.8. The summed E-state index contributed by atoms with van der Waals surface area (Å²) in [6.07, 6.45) is 1.04. The van der Waals surface area contributed by atoms with Crippen LogP contribution in [0.15, 0.2) is 18.3 Å². The maximum Gasteiger partial charge on any atom is 0.269 e. The summed E-state index contributed by atoms with van der Waals surface area (Å²) in [6.45, 7) is 2.27. The first-order chi connectivity index (χ1) is 9.06. The number of carbonyl (C=O) groups excluding carboxylic acids is 1. The fourth-order valence-corrected chi connectivity index (χ4v) is 2.47. The number of nitrogens with zero attached hydrogens (tertiary/aromatic N) is 4. The standard InChI is InChI=1S/C12H14FN5O/c1-7-4-8(13)6-17(7)11-3-2-10-15-5-9(12(14)19)18(10)16-11/h2-3,5,7-8H,4,6H2,1H3,(H2,14,19)/t7-,8-/m0/s1. The first-order valence-corrected chi connectivity index (χ1v) is 6.11. The molecule has 1 saturated heterocycles. The Morgan fingerprint density at radius 1 is 1.53 bits per heavy atom. The molecule has 100 valence electrons. The predicted octanol–water partition coefficient (Wildman–Crippen LogP) is 0.765. The van der Waals surface area contributed by atoms with Gasteiger partial charge in [0.2, 0.25) is 0 Å². The lowest BCUT2D eigenvalue weighted by molar-refractivity contribution is 0.0993. The van der Waals surface area contributed by atoms with Crippen molar-refractivity contribution in [1.82, 2.24) is 14.6 Å². The molecule has 7 heteroatoms. The molecular weight excluding hydrogens is 249 g/mol. The van der Waals surface area contributed by atoms with Crippen LogP contribution in [0.1, 0.15) is 23.8 Å². The number of hydrogen-bond acceptors (Lipinski definition) is 4. The Hall–Kier alpha value is -2.18. The van der Waals surface area contributed by atoms with E-state index < -0.39 is 12.1 Å². The number of aromatic nitrogens is 3.